The molecule has 1 aromatic rings. The quantitative estimate of drug-likeness (QED) is 0.574. The van der Waals surface area contributed by atoms with Gasteiger partial charge < -0.3 is 4.57 Å². The topological polar surface area (TPSA) is 17.8 Å². The molecule has 1 aromatic heterocycles. The first-order chi connectivity index (χ1) is 4.88. The maximum Gasteiger partial charge on any atom is 0.111 e. The highest BCUT2D eigenvalue weighted by Crippen LogP contribution is 2.34. The lowest BCUT2D eigenvalue weighted by Crippen LogP contribution is -2.13. The zero-order chi connectivity index (χ0) is 6.97. The van der Waals surface area contributed by atoms with Crippen LogP contribution in [0.25, 0.3) is 0 Å². The first-order valence-corrected chi connectivity index (χ1v) is 3.85. The first kappa shape index (κ1) is 5.96. The highest BCUT2D eigenvalue weighted by atomic mass is 15.0. The van der Waals surface area contributed by atoms with Crippen LogP contribution in [0, 0.1) is 0 Å². The van der Waals surface area contributed by atoms with Crippen LogP contribution in [0.2, 0.25) is 0 Å². The van der Waals surface area contributed by atoms with Crippen molar-refractivity contribution in [3.8, 4) is 0 Å². The summed E-state index contributed by atoms with van der Waals surface area (Å²) in [6.07, 6.45) is 7.97. The average Bonchev–Trinajstić information content (AvgIpc) is 2.12. The molecule has 0 aliphatic heterocycles. The molecule has 0 spiro atoms. The Bertz CT molecular complexity index is 223. The van der Waals surface area contributed by atoms with E-state index in [1.54, 1.807) is 0 Å². The lowest BCUT2D eigenvalue weighted by atomic mass is 9.85. The predicted molar refractivity (Wildman–Crippen MR) is 39.8 cm³/mol. The van der Waals surface area contributed by atoms with E-state index in [-0.39, 0.29) is 0 Å². The molecule has 0 bridgehead atoms. The van der Waals surface area contributed by atoms with Gasteiger partial charge in [-0.25, -0.2) is 4.98 Å². The molecule has 1 fully saturated rings. The summed E-state index contributed by atoms with van der Waals surface area (Å²) in [5, 5.41) is 0. The van der Waals surface area contributed by atoms with E-state index >= 15 is 0 Å². The summed E-state index contributed by atoms with van der Waals surface area (Å²) in [7, 11) is 2.07. The van der Waals surface area contributed by atoms with E-state index in [0.29, 0.717) is 0 Å². The molecule has 2 nitrogen and oxygen atoms in total. The molecule has 0 aromatic carbocycles. The largest absolute Gasteiger partial charge is 0.338 e. The Morgan fingerprint density at radius 2 is 2.40 bits per heavy atom. The number of aromatic nitrogens is 2. The number of rotatable bonds is 1. The van der Waals surface area contributed by atoms with E-state index in [0.717, 1.165) is 5.92 Å². The minimum atomic E-state index is 0.764. The Morgan fingerprint density at radius 1 is 1.60 bits per heavy atom. The fraction of sp³-hybridized carbons (Fsp3) is 0.625. The Hall–Kier alpha value is -0.790. The van der Waals surface area contributed by atoms with E-state index < -0.39 is 0 Å². The van der Waals surface area contributed by atoms with Gasteiger partial charge in [0.05, 0.1) is 0 Å². The van der Waals surface area contributed by atoms with Gasteiger partial charge in [0.2, 0.25) is 0 Å². The van der Waals surface area contributed by atoms with Crippen LogP contribution in [0.5, 0.6) is 0 Å². The Morgan fingerprint density at radius 3 is 2.80 bits per heavy atom. The monoisotopic (exact) mass is 136 g/mol. The third-order valence-corrected chi connectivity index (χ3v) is 2.33. The van der Waals surface area contributed by atoms with Gasteiger partial charge in [-0.2, -0.15) is 0 Å². The molecule has 10 heavy (non-hydrogen) atoms. The Labute approximate surface area is 60.9 Å². The second-order valence-electron chi connectivity index (χ2n) is 3.02. The van der Waals surface area contributed by atoms with E-state index in [1.165, 1.54) is 25.1 Å². The number of hydrogen-bond acceptors (Lipinski definition) is 1. The summed E-state index contributed by atoms with van der Waals surface area (Å²) < 4.78 is 2.13. The number of nitrogens with zero attached hydrogens (tertiary/aromatic N) is 2. The fourth-order valence-electron chi connectivity index (χ4n) is 1.44. The lowest BCUT2D eigenvalue weighted by Gasteiger charge is -2.24. The van der Waals surface area contributed by atoms with Crippen molar-refractivity contribution in [1.29, 1.82) is 0 Å². The number of hydrogen-bond donors (Lipinski definition) is 0. The summed E-state index contributed by atoms with van der Waals surface area (Å²) in [6.45, 7) is 0. The van der Waals surface area contributed by atoms with Crippen molar-refractivity contribution in [2.75, 3.05) is 0 Å². The van der Waals surface area contributed by atoms with Crippen LogP contribution in [0.1, 0.15) is 31.0 Å². The smallest absolute Gasteiger partial charge is 0.111 e. The second kappa shape index (κ2) is 2.11. The Kier molecular flexibility index (Phi) is 1.26. The maximum absolute atomic E-state index is 4.30. The number of aryl methyl sites for hydroxylation is 1. The van der Waals surface area contributed by atoms with Gasteiger partial charge in [-0.3, -0.25) is 0 Å². The predicted octanol–water partition coefficient (Wildman–Crippen LogP) is 1.69. The third-order valence-electron chi connectivity index (χ3n) is 2.33. The SMILES string of the molecule is Cn1ccnc1C1CCC1. The molecule has 54 valence electrons. The van der Waals surface area contributed by atoms with E-state index in [2.05, 4.69) is 16.6 Å². The van der Waals surface area contributed by atoms with Crippen LogP contribution in [0.3, 0.4) is 0 Å². The van der Waals surface area contributed by atoms with E-state index in [1.807, 2.05) is 12.4 Å². The van der Waals surface area contributed by atoms with Crippen molar-refractivity contribution in [1.82, 2.24) is 9.55 Å². The van der Waals surface area contributed by atoms with Gasteiger partial charge in [0.15, 0.2) is 0 Å². The molecule has 0 amide bonds. The van der Waals surface area contributed by atoms with Gasteiger partial charge in [0.1, 0.15) is 5.82 Å². The Balaban J connectivity index is 2.23. The first-order valence-electron chi connectivity index (χ1n) is 3.85. The van der Waals surface area contributed by atoms with Gasteiger partial charge in [0.25, 0.3) is 0 Å². The highest BCUT2D eigenvalue weighted by Gasteiger charge is 2.22. The van der Waals surface area contributed by atoms with Crippen molar-refractivity contribution >= 4 is 0 Å². The average molecular weight is 136 g/mol. The van der Waals surface area contributed by atoms with Crippen LogP contribution >= 0.6 is 0 Å². The minimum absolute atomic E-state index is 0.764. The van der Waals surface area contributed by atoms with Crippen LogP contribution in [-0.2, 0) is 7.05 Å². The maximum atomic E-state index is 4.30. The van der Waals surface area contributed by atoms with Crippen molar-refractivity contribution in [2.24, 2.45) is 7.05 Å². The van der Waals surface area contributed by atoms with Gasteiger partial charge in [-0.1, -0.05) is 6.42 Å². The highest BCUT2D eigenvalue weighted by molar-refractivity contribution is 5.03. The molecule has 0 saturated heterocycles. The van der Waals surface area contributed by atoms with Crippen molar-refractivity contribution in [2.45, 2.75) is 25.2 Å². The molecular weight excluding hydrogens is 124 g/mol. The minimum Gasteiger partial charge on any atom is -0.338 e. The standard InChI is InChI=1S/C8H12N2/c1-10-6-5-9-8(10)7-3-2-4-7/h5-7H,2-4H2,1H3. The molecule has 1 aliphatic carbocycles. The fourth-order valence-corrected chi connectivity index (χ4v) is 1.44. The number of imidazole rings is 1. The third kappa shape index (κ3) is 0.753. The van der Waals surface area contributed by atoms with E-state index in [4.69, 9.17) is 0 Å². The summed E-state index contributed by atoms with van der Waals surface area (Å²) in [4.78, 5) is 4.30. The summed E-state index contributed by atoms with van der Waals surface area (Å²) in [5.74, 6) is 2.03. The molecule has 1 saturated carbocycles. The van der Waals surface area contributed by atoms with Crippen LogP contribution in [-0.4, -0.2) is 9.55 Å². The van der Waals surface area contributed by atoms with Crippen molar-refractivity contribution in [3.05, 3.63) is 18.2 Å². The molecule has 2 heteroatoms. The second-order valence-corrected chi connectivity index (χ2v) is 3.02. The van der Waals surface area contributed by atoms with Crippen molar-refractivity contribution < 1.29 is 0 Å². The van der Waals surface area contributed by atoms with E-state index in [9.17, 15) is 0 Å². The molecule has 0 atom stereocenters. The lowest BCUT2D eigenvalue weighted by molar-refractivity contribution is 0.393. The van der Waals surface area contributed by atoms with Gasteiger partial charge >= 0.3 is 0 Å². The summed E-state index contributed by atoms with van der Waals surface area (Å²) in [5.41, 5.74) is 0. The normalized spacial score (nSPS) is 18.9. The zero-order valence-electron chi connectivity index (χ0n) is 6.25. The van der Waals surface area contributed by atoms with Gasteiger partial charge in [-0.05, 0) is 12.8 Å². The summed E-state index contributed by atoms with van der Waals surface area (Å²) in [6, 6.07) is 0. The van der Waals surface area contributed by atoms with Gasteiger partial charge in [0, 0.05) is 25.4 Å². The van der Waals surface area contributed by atoms with Crippen LogP contribution in [0.15, 0.2) is 12.4 Å². The molecule has 1 aliphatic rings. The molecule has 0 unspecified atom stereocenters. The molecular formula is C8H12N2. The molecule has 0 N–H and O–H groups in total. The van der Waals surface area contributed by atoms with Gasteiger partial charge in [-0.15, -0.1) is 0 Å². The zero-order valence-corrected chi connectivity index (χ0v) is 6.25. The molecule has 0 radical (unpaired) electrons. The van der Waals surface area contributed by atoms with Crippen LogP contribution in [0.4, 0.5) is 0 Å². The molecule has 1 heterocycles. The van der Waals surface area contributed by atoms with Crippen LogP contribution < -0.4 is 0 Å². The van der Waals surface area contributed by atoms with Crippen molar-refractivity contribution in [3.63, 3.8) is 0 Å². The molecule has 2 rings (SSSR count). The summed E-state index contributed by atoms with van der Waals surface area (Å²) >= 11 is 0.